The second-order valence-corrected chi connectivity index (χ2v) is 4.66. The highest BCUT2D eigenvalue weighted by atomic mass is 15.2. The van der Waals surface area contributed by atoms with E-state index in [1.165, 1.54) is 5.69 Å². The Morgan fingerprint density at radius 1 is 1.21 bits per heavy atom. The molecule has 0 aliphatic heterocycles. The molecule has 2 aromatic rings. The molecule has 0 saturated carbocycles. The molecule has 0 bridgehead atoms. The van der Waals surface area contributed by atoms with E-state index in [-0.39, 0.29) is 0 Å². The standard InChI is InChI=1S/C15H20N4/c1-13-11-15(18-17-12-13)16-9-6-10-19(2)14-7-4-3-5-8-14/h3-5,7-8,11-12H,6,9-10H2,1-2H3,(H,16,18). The van der Waals surface area contributed by atoms with E-state index in [9.17, 15) is 0 Å². The molecule has 0 aliphatic carbocycles. The maximum atomic E-state index is 4.04. The number of hydrogen-bond donors (Lipinski definition) is 1. The molecule has 0 aliphatic rings. The molecule has 0 saturated heterocycles. The Bertz CT molecular complexity index is 499. The smallest absolute Gasteiger partial charge is 0.148 e. The first kappa shape index (κ1) is 13.3. The average Bonchev–Trinajstić information content (AvgIpc) is 2.44. The maximum Gasteiger partial charge on any atom is 0.148 e. The highest BCUT2D eigenvalue weighted by molar-refractivity contribution is 5.44. The van der Waals surface area contributed by atoms with Crippen LogP contribution in [-0.4, -0.2) is 30.3 Å². The molecule has 100 valence electrons. The first-order valence-corrected chi connectivity index (χ1v) is 6.55. The van der Waals surface area contributed by atoms with Gasteiger partial charge in [-0.1, -0.05) is 18.2 Å². The maximum absolute atomic E-state index is 4.04. The van der Waals surface area contributed by atoms with E-state index in [2.05, 4.69) is 51.7 Å². The Hall–Kier alpha value is -2.10. The lowest BCUT2D eigenvalue weighted by atomic mass is 10.3. The molecule has 0 unspecified atom stereocenters. The monoisotopic (exact) mass is 256 g/mol. The van der Waals surface area contributed by atoms with Crippen LogP contribution < -0.4 is 10.2 Å². The van der Waals surface area contributed by atoms with Gasteiger partial charge in [-0.05, 0) is 37.1 Å². The summed E-state index contributed by atoms with van der Waals surface area (Å²) < 4.78 is 0. The summed E-state index contributed by atoms with van der Waals surface area (Å²) in [6, 6.07) is 12.4. The number of hydrogen-bond acceptors (Lipinski definition) is 4. The second kappa shape index (κ2) is 6.73. The van der Waals surface area contributed by atoms with Crippen molar-refractivity contribution in [2.75, 3.05) is 30.4 Å². The number of para-hydroxylation sites is 1. The fourth-order valence-corrected chi connectivity index (χ4v) is 1.89. The molecular weight excluding hydrogens is 236 g/mol. The molecule has 19 heavy (non-hydrogen) atoms. The first-order chi connectivity index (χ1) is 9.25. The number of nitrogens with one attached hydrogen (secondary N) is 1. The van der Waals surface area contributed by atoms with Gasteiger partial charge in [-0.2, -0.15) is 5.10 Å². The van der Waals surface area contributed by atoms with Crippen molar-refractivity contribution in [1.29, 1.82) is 0 Å². The fraction of sp³-hybridized carbons (Fsp3) is 0.333. The van der Waals surface area contributed by atoms with Crippen molar-refractivity contribution < 1.29 is 0 Å². The van der Waals surface area contributed by atoms with Crippen LogP contribution in [0.3, 0.4) is 0 Å². The zero-order chi connectivity index (χ0) is 13.5. The van der Waals surface area contributed by atoms with Gasteiger partial charge in [0.05, 0.1) is 6.20 Å². The Morgan fingerprint density at radius 3 is 2.74 bits per heavy atom. The van der Waals surface area contributed by atoms with Gasteiger partial charge in [0.15, 0.2) is 0 Å². The van der Waals surface area contributed by atoms with Crippen molar-refractivity contribution in [2.45, 2.75) is 13.3 Å². The minimum Gasteiger partial charge on any atom is -0.375 e. The summed E-state index contributed by atoms with van der Waals surface area (Å²) in [6.07, 6.45) is 2.81. The van der Waals surface area contributed by atoms with E-state index >= 15 is 0 Å². The van der Waals surface area contributed by atoms with E-state index in [1.54, 1.807) is 6.20 Å². The summed E-state index contributed by atoms with van der Waals surface area (Å²) >= 11 is 0. The van der Waals surface area contributed by atoms with Crippen LogP contribution in [0.1, 0.15) is 12.0 Å². The van der Waals surface area contributed by atoms with Crippen LogP contribution in [0.4, 0.5) is 11.5 Å². The zero-order valence-electron chi connectivity index (χ0n) is 11.5. The topological polar surface area (TPSA) is 41.1 Å². The van der Waals surface area contributed by atoms with Gasteiger partial charge in [-0.15, -0.1) is 5.10 Å². The number of benzene rings is 1. The molecule has 4 nitrogen and oxygen atoms in total. The zero-order valence-corrected chi connectivity index (χ0v) is 11.5. The van der Waals surface area contributed by atoms with Crippen LogP contribution in [0.2, 0.25) is 0 Å². The van der Waals surface area contributed by atoms with Gasteiger partial charge in [-0.3, -0.25) is 0 Å². The van der Waals surface area contributed by atoms with E-state index < -0.39 is 0 Å². The van der Waals surface area contributed by atoms with Crippen molar-refractivity contribution in [3.8, 4) is 0 Å². The quantitative estimate of drug-likeness (QED) is 0.807. The first-order valence-electron chi connectivity index (χ1n) is 6.55. The summed E-state index contributed by atoms with van der Waals surface area (Å²) in [5, 5.41) is 11.3. The van der Waals surface area contributed by atoms with Gasteiger partial charge < -0.3 is 10.2 Å². The highest BCUT2D eigenvalue weighted by Crippen LogP contribution is 2.11. The molecule has 1 aromatic heterocycles. The van der Waals surface area contributed by atoms with Gasteiger partial charge in [0.1, 0.15) is 5.82 Å². The second-order valence-electron chi connectivity index (χ2n) is 4.66. The van der Waals surface area contributed by atoms with Gasteiger partial charge in [0, 0.05) is 25.8 Å². The van der Waals surface area contributed by atoms with Crippen LogP contribution in [0, 0.1) is 6.92 Å². The Morgan fingerprint density at radius 2 is 2.00 bits per heavy atom. The Labute approximate surface area is 114 Å². The van der Waals surface area contributed by atoms with E-state index in [1.807, 2.05) is 19.1 Å². The van der Waals surface area contributed by atoms with Crippen molar-refractivity contribution >= 4 is 11.5 Å². The predicted octanol–water partition coefficient (Wildman–Crippen LogP) is 2.72. The molecular formula is C15H20N4. The normalized spacial score (nSPS) is 10.2. The number of rotatable bonds is 6. The van der Waals surface area contributed by atoms with Crippen LogP contribution in [-0.2, 0) is 0 Å². The van der Waals surface area contributed by atoms with Crippen LogP contribution in [0.15, 0.2) is 42.6 Å². The van der Waals surface area contributed by atoms with Crippen molar-refractivity contribution in [3.63, 3.8) is 0 Å². The molecule has 0 amide bonds. The van der Waals surface area contributed by atoms with Gasteiger partial charge in [-0.25, -0.2) is 0 Å². The fourth-order valence-electron chi connectivity index (χ4n) is 1.89. The molecule has 0 atom stereocenters. The van der Waals surface area contributed by atoms with Crippen molar-refractivity contribution in [1.82, 2.24) is 10.2 Å². The highest BCUT2D eigenvalue weighted by Gasteiger charge is 1.99. The number of aromatic nitrogens is 2. The summed E-state index contributed by atoms with van der Waals surface area (Å²) in [5.74, 6) is 0.849. The van der Waals surface area contributed by atoms with Crippen molar-refractivity contribution in [2.24, 2.45) is 0 Å². The third-order valence-corrected chi connectivity index (χ3v) is 2.96. The molecule has 1 aromatic carbocycles. The average molecular weight is 256 g/mol. The lowest BCUT2D eigenvalue weighted by molar-refractivity contribution is 0.811. The van der Waals surface area contributed by atoms with E-state index in [0.717, 1.165) is 30.9 Å². The minimum absolute atomic E-state index is 0.849. The van der Waals surface area contributed by atoms with Crippen LogP contribution >= 0.6 is 0 Å². The third-order valence-electron chi connectivity index (χ3n) is 2.96. The lowest BCUT2D eigenvalue weighted by Gasteiger charge is -2.19. The summed E-state index contributed by atoms with van der Waals surface area (Å²) in [5.41, 5.74) is 2.37. The summed E-state index contributed by atoms with van der Waals surface area (Å²) in [7, 11) is 2.11. The third kappa shape index (κ3) is 4.25. The summed E-state index contributed by atoms with van der Waals surface area (Å²) in [4.78, 5) is 2.25. The molecule has 1 N–H and O–H groups in total. The molecule has 1 heterocycles. The molecule has 2 rings (SSSR count). The minimum atomic E-state index is 0.849. The van der Waals surface area contributed by atoms with E-state index in [0.29, 0.717) is 0 Å². The Kier molecular flexibility index (Phi) is 4.72. The predicted molar refractivity (Wildman–Crippen MR) is 79.6 cm³/mol. The number of anilines is 2. The van der Waals surface area contributed by atoms with Crippen molar-refractivity contribution in [3.05, 3.63) is 48.2 Å². The lowest BCUT2D eigenvalue weighted by Crippen LogP contribution is -2.20. The SMILES string of the molecule is Cc1cnnc(NCCCN(C)c2ccccc2)c1. The van der Waals surface area contributed by atoms with Crippen LogP contribution in [0.5, 0.6) is 0 Å². The number of nitrogens with zero attached hydrogens (tertiary/aromatic N) is 3. The molecule has 0 fully saturated rings. The van der Waals surface area contributed by atoms with Gasteiger partial charge in [0.25, 0.3) is 0 Å². The molecule has 0 spiro atoms. The number of aryl methyl sites for hydroxylation is 1. The summed E-state index contributed by atoms with van der Waals surface area (Å²) in [6.45, 7) is 3.93. The Balaban J connectivity index is 1.72. The molecule has 4 heteroatoms. The molecule has 0 radical (unpaired) electrons. The largest absolute Gasteiger partial charge is 0.375 e. The van der Waals surface area contributed by atoms with Gasteiger partial charge in [0.2, 0.25) is 0 Å². The van der Waals surface area contributed by atoms with Crippen LogP contribution in [0.25, 0.3) is 0 Å². The van der Waals surface area contributed by atoms with Gasteiger partial charge >= 0.3 is 0 Å². The van der Waals surface area contributed by atoms with E-state index in [4.69, 9.17) is 0 Å².